The van der Waals surface area contributed by atoms with E-state index in [0.717, 1.165) is 0 Å². The summed E-state index contributed by atoms with van der Waals surface area (Å²) in [6.45, 7) is 10.1. The number of ether oxygens (including phenoxy) is 1. The first-order chi connectivity index (χ1) is 7.04. The molecule has 0 fully saturated rings. The van der Waals surface area contributed by atoms with Gasteiger partial charge in [-0.25, -0.2) is 0 Å². The van der Waals surface area contributed by atoms with Crippen LogP contribution in [0.3, 0.4) is 0 Å². The monoisotopic (exact) mass is 209 g/mol. The Hall–Kier alpha value is -1.84. The molecule has 15 heavy (non-hydrogen) atoms. The van der Waals surface area contributed by atoms with Gasteiger partial charge in [-0.15, -0.1) is 0 Å². The first-order valence-corrected chi connectivity index (χ1v) is 4.47. The van der Waals surface area contributed by atoms with E-state index >= 15 is 0 Å². The van der Waals surface area contributed by atoms with Gasteiger partial charge >= 0.3 is 0 Å². The van der Waals surface area contributed by atoms with Crippen molar-refractivity contribution in [2.75, 3.05) is 0 Å². The van der Waals surface area contributed by atoms with Crippen LogP contribution in [0.25, 0.3) is 0 Å². The van der Waals surface area contributed by atoms with Crippen LogP contribution in [0.2, 0.25) is 0 Å². The molecule has 1 rings (SSSR count). The molecule has 4 nitrogen and oxygen atoms in total. The van der Waals surface area contributed by atoms with Gasteiger partial charge in [0, 0.05) is 18.2 Å². The van der Waals surface area contributed by atoms with E-state index in [1.165, 1.54) is 29.6 Å². The summed E-state index contributed by atoms with van der Waals surface area (Å²) in [5.41, 5.74) is 0. The summed E-state index contributed by atoms with van der Waals surface area (Å²) >= 11 is 0. The highest BCUT2D eigenvalue weighted by atomic mass is 16.5. The predicted molar refractivity (Wildman–Crippen MR) is 57.6 cm³/mol. The Morgan fingerprint density at radius 1 is 1.20 bits per heavy atom. The largest absolute Gasteiger partial charge is 0.474 e. The van der Waals surface area contributed by atoms with Crippen molar-refractivity contribution >= 4 is 11.8 Å². The molecule has 0 bridgehead atoms. The highest BCUT2D eigenvalue weighted by molar-refractivity contribution is 6.13. The fourth-order valence-corrected chi connectivity index (χ4v) is 0.989. The predicted octanol–water partition coefficient (Wildman–Crippen LogP) is 1.61. The van der Waals surface area contributed by atoms with Crippen LogP contribution >= 0.6 is 0 Å². The van der Waals surface area contributed by atoms with Gasteiger partial charge in [-0.3, -0.25) is 14.5 Å². The van der Waals surface area contributed by atoms with Crippen molar-refractivity contribution in [1.82, 2.24) is 4.90 Å². The Morgan fingerprint density at radius 3 is 1.73 bits per heavy atom. The normalized spacial score (nSPS) is 13.7. The Bertz CT molecular complexity index is 268. The van der Waals surface area contributed by atoms with Crippen molar-refractivity contribution in [2.45, 2.75) is 19.9 Å². The van der Waals surface area contributed by atoms with Crippen molar-refractivity contribution in [3.63, 3.8) is 0 Å². The summed E-state index contributed by atoms with van der Waals surface area (Å²) < 4.78 is 4.36. The number of amides is 2. The van der Waals surface area contributed by atoms with Gasteiger partial charge in [0.25, 0.3) is 11.8 Å². The number of rotatable bonds is 3. The number of nitrogens with zero attached hydrogens (tertiary/aromatic N) is 1. The van der Waals surface area contributed by atoms with Crippen molar-refractivity contribution in [3.05, 3.63) is 37.8 Å². The molecular formula is C11H15NO3. The summed E-state index contributed by atoms with van der Waals surface area (Å²) in [6, 6.07) is -0.0324. The van der Waals surface area contributed by atoms with E-state index in [2.05, 4.69) is 17.9 Å². The maximum absolute atomic E-state index is 10.8. The molecule has 0 aromatic carbocycles. The molecule has 0 radical (unpaired) electrons. The van der Waals surface area contributed by atoms with E-state index < -0.39 is 0 Å². The number of carbonyl (C=O) groups excluding carboxylic acids is 2. The molecule has 1 aliphatic rings. The van der Waals surface area contributed by atoms with Crippen LogP contribution in [0.15, 0.2) is 37.8 Å². The highest BCUT2D eigenvalue weighted by Crippen LogP contribution is 2.07. The fraction of sp³-hybridized carbons (Fsp3) is 0.273. The van der Waals surface area contributed by atoms with Gasteiger partial charge in [0.2, 0.25) is 0 Å². The minimum atomic E-state index is -0.208. The van der Waals surface area contributed by atoms with Crippen molar-refractivity contribution < 1.29 is 14.3 Å². The van der Waals surface area contributed by atoms with Crippen LogP contribution in [0, 0.1) is 0 Å². The molecule has 2 amide bonds. The Balaban J connectivity index is 0.000000336. The Labute approximate surface area is 89.5 Å². The minimum Gasteiger partial charge on any atom is -0.474 e. The van der Waals surface area contributed by atoms with Crippen LogP contribution in [-0.4, -0.2) is 22.8 Å². The number of hydrogen-bond acceptors (Lipinski definition) is 3. The maximum atomic E-state index is 10.8. The first kappa shape index (κ1) is 13.2. The Kier molecular flexibility index (Phi) is 5.78. The third-order valence-corrected chi connectivity index (χ3v) is 1.55. The zero-order valence-corrected chi connectivity index (χ0v) is 8.97. The molecule has 0 spiro atoms. The van der Waals surface area contributed by atoms with Crippen LogP contribution < -0.4 is 0 Å². The topological polar surface area (TPSA) is 46.6 Å². The second-order valence-electron chi connectivity index (χ2n) is 2.94. The fourth-order valence-electron chi connectivity index (χ4n) is 0.989. The standard InChI is InChI=1S/C7H9NO2.C4H6O/c1-5(2)8-6(9)3-4-7(8)10;1-3-5-4-2/h3-5H,1-2H3;3-4H,1-2H2. The van der Waals surface area contributed by atoms with Gasteiger partial charge in [-0.05, 0) is 13.8 Å². The van der Waals surface area contributed by atoms with E-state index in [9.17, 15) is 9.59 Å². The van der Waals surface area contributed by atoms with E-state index in [-0.39, 0.29) is 17.9 Å². The van der Waals surface area contributed by atoms with Gasteiger partial charge in [0.1, 0.15) is 0 Å². The zero-order valence-electron chi connectivity index (χ0n) is 8.97. The summed E-state index contributed by atoms with van der Waals surface area (Å²) in [5.74, 6) is -0.417. The van der Waals surface area contributed by atoms with Crippen molar-refractivity contribution in [1.29, 1.82) is 0 Å². The number of imide groups is 1. The van der Waals surface area contributed by atoms with Crippen molar-refractivity contribution in [3.8, 4) is 0 Å². The molecule has 1 aliphatic heterocycles. The average molecular weight is 209 g/mol. The highest BCUT2D eigenvalue weighted by Gasteiger charge is 2.25. The molecule has 0 aromatic heterocycles. The second kappa shape index (κ2) is 6.59. The third-order valence-electron chi connectivity index (χ3n) is 1.55. The average Bonchev–Trinajstić information content (AvgIpc) is 2.48. The van der Waals surface area contributed by atoms with Gasteiger partial charge in [-0.1, -0.05) is 13.2 Å². The van der Waals surface area contributed by atoms with Gasteiger partial charge in [0.15, 0.2) is 0 Å². The molecule has 0 unspecified atom stereocenters. The summed E-state index contributed by atoms with van der Waals surface area (Å²) in [4.78, 5) is 22.9. The summed E-state index contributed by atoms with van der Waals surface area (Å²) in [6.07, 6.45) is 5.21. The maximum Gasteiger partial charge on any atom is 0.253 e. The summed E-state index contributed by atoms with van der Waals surface area (Å²) in [5, 5.41) is 0. The second-order valence-corrected chi connectivity index (χ2v) is 2.94. The SMILES string of the molecule is C=COC=C.CC(C)N1C(=O)C=CC1=O. The molecule has 0 atom stereocenters. The minimum absolute atomic E-state index is 0.0324. The first-order valence-electron chi connectivity index (χ1n) is 4.47. The van der Waals surface area contributed by atoms with E-state index in [4.69, 9.17) is 0 Å². The van der Waals surface area contributed by atoms with Crippen molar-refractivity contribution in [2.24, 2.45) is 0 Å². The molecule has 0 saturated carbocycles. The molecule has 0 aromatic rings. The smallest absolute Gasteiger partial charge is 0.253 e. The molecule has 4 heteroatoms. The molecule has 82 valence electrons. The van der Waals surface area contributed by atoms with Crippen LogP contribution in [-0.2, 0) is 14.3 Å². The quantitative estimate of drug-likeness (QED) is 0.524. The van der Waals surface area contributed by atoms with Gasteiger partial charge < -0.3 is 4.74 Å². The lowest BCUT2D eigenvalue weighted by Crippen LogP contribution is -2.36. The van der Waals surface area contributed by atoms with Gasteiger partial charge in [-0.2, -0.15) is 0 Å². The lowest BCUT2D eigenvalue weighted by atomic mass is 10.3. The number of hydrogen-bond donors (Lipinski definition) is 0. The summed E-state index contributed by atoms with van der Waals surface area (Å²) in [7, 11) is 0. The third kappa shape index (κ3) is 4.26. The van der Waals surface area contributed by atoms with E-state index in [1.807, 2.05) is 13.8 Å². The van der Waals surface area contributed by atoms with Crippen LogP contribution in [0.5, 0.6) is 0 Å². The van der Waals surface area contributed by atoms with Crippen LogP contribution in [0.1, 0.15) is 13.8 Å². The molecule has 1 heterocycles. The zero-order chi connectivity index (χ0) is 11.8. The lowest BCUT2D eigenvalue weighted by molar-refractivity contribution is -0.138. The van der Waals surface area contributed by atoms with E-state index in [1.54, 1.807) is 0 Å². The molecule has 0 aliphatic carbocycles. The van der Waals surface area contributed by atoms with E-state index in [0.29, 0.717) is 0 Å². The number of carbonyl (C=O) groups is 2. The Morgan fingerprint density at radius 2 is 1.60 bits per heavy atom. The molecular weight excluding hydrogens is 194 g/mol. The van der Waals surface area contributed by atoms with Crippen LogP contribution in [0.4, 0.5) is 0 Å². The van der Waals surface area contributed by atoms with Gasteiger partial charge in [0.05, 0.1) is 12.5 Å². The lowest BCUT2D eigenvalue weighted by Gasteiger charge is -2.17. The molecule has 0 saturated heterocycles. The molecule has 0 N–H and O–H groups in total.